The summed E-state index contributed by atoms with van der Waals surface area (Å²) in [5, 5.41) is 3.14. The van der Waals surface area contributed by atoms with Crippen molar-refractivity contribution >= 4 is 0 Å². The van der Waals surface area contributed by atoms with E-state index in [1.807, 2.05) is 7.05 Å². The van der Waals surface area contributed by atoms with Crippen molar-refractivity contribution in [2.45, 2.75) is 34.1 Å². The summed E-state index contributed by atoms with van der Waals surface area (Å²) in [6.07, 6.45) is 1.24. The zero-order chi connectivity index (χ0) is 9.72. The normalized spacial score (nSPS) is 15.8. The van der Waals surface area contributed by atoms with Gasteiger partial charge in [0.25, 0.3) is 0 Å². The maximum Gasteiger partial charge on any atom is 0.00626 e. The summed E-state index contributed by atoms with van der Waals surface area (Å²) in [4.78, 5) is 0. The van der Waals surface area contributed by atoms with Crippen LogP contribution in [0.3, 0.4) is 0 Å². The lowest BCUT2D eigenvalue weighted by molar-refractivity contribution is 0.286. The zero-order valence-corrected chi connectivity index (χ0v) is 9.15. The fourth-order valence-electron chi connectivity index (χ4n) is 1.89. The van der Waals surface area contributed by atoms with E-state index in [1.54, 1.807) is 0 Å². The first-order valence-corrected chi connectivity index (χ1v) is 4.91. The molecule has 1 unspecified atom stereocenters. The van der Waals surface area contributed by atoms with Gasteiger partial charge in [0, 0.05) is 12.7 Å². The summed E-state index contributed by atoms with van der Waals surface area (Å²) in [6.45, 7) is 13.1. The third-order valence-electron chi connectivity index (χ3n) is 2.84. The smallest absolute Gasteiger partial charge is 0.00626 e. The molecule has 1 nitrogen and oxygen atoms in total. The van der Waals surface area contributed by atoms with E-state index in [0.717, 1.165) is 17.5 Å². The summed E-state index contributed by atoms with van der Waals surface area (Å²) < 4.78 is 0. The highest BCUT2D eigenvalue weighted by atomic mass is 14.8. The molecular formula is C11H23N. The van der Waals surface area contributed by atoms with Crippen LogP contribution >= 0.6 is 0 Å². The highest BCUT2D eigenvalue weighted by Crippen LogP contribution is 2.27. The van der Waals surface area contributed by atoms with Crippen molar-refractivity contribution in [3.8, 4) is 0 Å². The average Bonchev–Trinajstić information content (AvgIpc) is 2.03. The topological polar surface area (TPSA) is 12.0 Å². The van der Waals surface area contributed by atoms with Gasteiger partial charge in [0.15, 0.2) is 0 Å². The van der Waals surface area contributed by atoms with Crippen LogP contribution in [0, 0.1) is 17.8 Å². The molecule has 0 saturated heterocycles. The molecule has 0 radical (unpaired) electrons. The Morgan fingerprint density at radius 1 is 1.33 bits per heavy atom. The van der Waals surface area contributed by atoms with Crippen LogP contribution in [-0.2, 0) is 0 Å². The molecule has 0 saturated carbocycles. The molecule has 0 aliphatic carbocycles. The van der Waals surface area contributed by atoms with Crippen LogP contribution in [0.15, 0.2) is 12.3 Å². The summed E-state index contributed by atoms with van der Waals surface area (Å²) in [5.41, 5.74) is 1.16. The van der Waals surface area contributed by atoms with Gasteiger partial charge in [0.2, 0.25) is 0 Å². The molecule has 0 bridgehead atoms. The van der Waals surface area contributed by atoms with Gasteiger partial charge in [0.05, 0.1) is 0 Å². The highest BCUT2D eigenvalue weighted by Gasteiger charge is 2.20. The van der Waals surface area contributed by atoms with E-state index in [2.05, 4.69) is 39.6 Å². The van der Waals surface area contributed by atoms with Crippen LogP contribution in [0.1, 0.15) is 34.1 Å². The molecule has 1 N–H and O–H groups in total. The first kappa shape index (κ1) is 11.5. The average molecular weight is 169 g/mol. The lowest BCUT2D eigenvalue weighted by Gasteiger charge is -2.27. The maximum atomic E-state index is 4.01. The quantitative estimate of drug-likeness (QED) is 0.667. The zero-order valence-electron chi connectivity index (χ0n) is 9.15. The predicted octanol–water partition coefficient (Wildman–Crippen LogP) is 3.04. The Balaban J connectivity index is 4.20. The van der Waals surface area contributed by atoms with Crippen molar-refractivity contribution in [2.75, 3.05) is 7.05 Å². The molecule has 0 amide bonds. The second-order valence-corrected chi connectivity index (χ2v) is 3.88. The van der Waals surface area contributed by atoms with E-state index in [4.69, 9.17) is 0 Å². The number of hydrogen-bond acceptors (Lipinski definition) is 1. The van der Waals surface area contributed by atoms with Crippen molar-refractivity contribution in [1.29, 1.82) is 0 Å². The highest BCUT2D eigenvalue weighted by molar-refractivity contribution is 4.98. The lowest BCUT2D eigenvalue weighted by Crippen LogP contribution is -2.23. The molecule has 0 fully saturated rings. The molecule has 0 aromatic heterocycles. The van der Waals surface area contributed by atoms with Gasteiger partial charge in [-0.1, -0.05) is 40.7 Å². The van der Waals surface area contributed by atoms with Gasteiger partial charge < -0.3 is 5.32 Å². The molecule has 72 valence electrons. The Kier molecular flexibility index (Phi) is 5.03. The van der Waals surface area contributed by atoms with Gasteiger partial charge in [-0.15, -0.1) is 0 Å². The number of allylic oxidation sites excluding steroid dienone is 1. The number of rotatable bonds is 5. The van der Waals surface area contributed by atoms with Gasteiger partial charge in [-0.05, 0) is 17.8 Å². The Hall–Kier alpha value is -0.460. The number of hydrogen-bond donors (Lipinski definition) is 1. The second kappa shape index (κ2) is 5.23. The summed E-state index contributed by atoms with van der Waals surface area (Å²) in [7, 11) is 1.95. The minimum Gasteiger partial charge on any atom is -0.392 e. The van der Waals surface area contributed by atoms with E-state index in [0.29, 0.717) is 5.92 Å². The van der Waals surface area contributed by atoms with Crippen molar-refractivity contribution in [3.05, 3.63) is 12.3 Å². The van der Waals surface area contributed by atoms with Crippen molar-refractivity contribution in [2.24, 2.45) is 17.8 Å². The third-order valence-corrected chi connectivity index (χ3v) is 2.84. The molecular weight excluding hydrogens is 146 g/mol. The maximum absolute atomic E-state index is 4.01. The first-order chi connectivity index (χ1) is 5.54. The van der Waals surface area contributed by atoms with Gasteiger partial charge in [-0.25, -0.2) is 0 Å². The van der Waals surface area contributed by atoms with Crippen molar-refractivity contribution in [3.63, 3.8) is 0 Å². The van der Waals surface area contributed by atoms with E-state index in [1.165, 1.54) is 6.42 Å². The lowest BCUT2D eigenvalue weighted by atomic mass is 9.81. The van der Waals surface area contributed by atoms with Crippen LogP contribution in [0.5, 0.6) is 0 Å². The minimum atomic E-state index is 0.583. The van der Waals surface area contributed by atoms with Crippen LogP contribution in [0.4, 0.5) is 0 Å². The standard InChI is InChI=1S/C11H23N/c1-7-11(8(2)3)9(4)10(5)12-6/h8-9,11-12H,5,7H2,1-4,6H3/t9-,11?/m0/s1. The third kappa shape index (κ3) is 2.88. The van der Waals surface area contributed by atoms with E-state index in [9.17, 15) is 0 Å². The van der Waals surface area contributed by atoms with Gasteiger partial charge in [-0.3, -0.25) is 0 Å². The summed E-state index contributed by atoms with van der Waals surface area (Å²) >= 11 is 0. The Labute approximate surface area is 77.2 Å². The molecule has 0 spiro atoms. The summed E-state index contributed by atoms with van der Waals surface area (Å²) in [5.74, 6) is 2.08. The Morgan fingerprint density at radius 3 is 2.08 bits per heavy atom. The molecule has 12 heavy (non-hydrogen) atoms. The molecule has 0 aromatic carbocycles. The monoisotopic (exact) mass is 169 g/mol. The van der Waals surface area contributed by atoms with Gasteiger partial charge in [-0.2, -0.15) is 0 Å². The largest absolute Gasteiger partial charge is 0.392 e. The first-order valence-electron chi connectivity index (χ1n) is 4.91. The van der Waals surface area contributed by atoms with Crippen molar-refractivity contribution in [1.82, 2.24) is 5.32 Å². The van der Waals surface area contributed by atoms with E-state index < -0.39 is 0 Å². The van der Waals surface area contributed by atoms with E-state index in [-0.39, 0.29) is 0 Å². The Bertz CT molecular complexity index is 138. The van der Waals surface area contributed by atoms with Gasteiger partial charge in [0.1, 0.15) is 0 Å². The predicted molar refractivity (Wildman–Crippen MR) is 56.0 cm³/mol. The van der Waals surface area contributed by atoms with Gasteiger partial charge >= 0.3 is 0 Å². The summed E-state index contributed by atoms with van der Waals surface area (Å²) in [6, 6.07) is 0. The van der Waals surface area contributed by atoms with E-state index >= 15 is 0 Å². The van der Waals surface area contributed by atoms with Crippen LogP contribution in [-0.4, -0.2) is 7.05 Å². The Morgan fingerprint density at radius 2 is 1.83 bits per heavy atom. The number of nitrogens with one attached hydrogen (secondary N) is 1. The molecule has 0 heterocycles. The SMILES string of the molecule is C=C(NC)[C@H](C)C(CC)C(C)C. The fourth-order valence-corrected chi connectivity index (χ4v) is 1.89. The van der Waals surface area contributed by atoms with Crippen molar-refractivity contribution < 1.29 is 0 Å². The molecule has 1 heteroatoms. The second-order valence-electron chi connectivity index (χ2n) is 3.88. The molecule has 0 aliphatic heterocycles. The molecule has 0 rings (SSSR count). The van der Waals surface area contributed by atoms with Crippen LogP contribution < -0.4 is 5.32 Å². The molecule has 0 aliphatic rings. The van der Waals surface area contributed by atoms with Crippen LogP contribution in [0.2, 0.25) is 0 Å². The fraction of sp³-hybridized carbons (Fsp3) is 0.818. The minimum absolute atomic E-state index is 0.583. The van der Waals surface area contributed by atoms with Crippen LogP contribution in [0.25, 0.3) is 0 Å². The molecule has 0 aromatic rings. The molecule has 2 atom stereocenters.